The SMILES string of the molecule is FC(F)(F)C(Oc1ccccc1)Oc1cscn1. The van der Waals surface area contributed by atoms with E-state index in [0.29, 0.717) is 0 Å². The van der Waals surface area contributed by atoms with Gasteiger partial charge in [0.05, 0.1) is 10.9 Å². The minimum Gasteiger partial charge on any atom is -0.447 e. The molecule has 0 radical (unpaired) electrons. The molecular weight excluding hydrogens is 267 g/mol. The van der Waals surface area contributed by atoms with Crippen molar-refractivity contribution in [1.29, 1.82) is 0 Å². The van der Waals surface area contributed by atoms with Crippen LogP contribution in [0.25, 0.3) is 0 Å². The Kier molecular flexibility index (Phi) is 3.71. The lowest BCUT2D eigenvalue weighted by molar-refractivity contribution is -0.255. The molecular formula is C11H8F3NO2S. The summed E-state index contributed by atoms with van der Waals surface area (Å²) >= 11 is 1.14. The number of nitrogens with zero attached hydrogens (tertiary/aromatic N) is 1. The van der Waals surface area contributed by atoms with E-state index < -0.39 is 12.5 Å². The van der Waals surface area contributed by atoms with E-state index in [1.165, 1.54) is 23.0 Å². The van der Waals surface area contributed by atoms with Crippen molar-refractivity contribution in [3.8, 4) is 11.6 Å². The minimum absolute atomic E-state index is 0.0788. The number of para-hydroxylation sites is 1. The largest absolute Gasteiger partial charge is 0.464 e. The molecule has 2 aromatic rings. The first-order chi connectivity index (χ1) is 8.55. The molecule has 1 aromatic heterocycles. The molecule has 0 N–H and O–H groups in total. The van der Waals surface area contributed by atoms with E-state index in [1.807, 2.05) is 0 Å². The number of alkyl halides is 3. The third-order valence-corrected chi connectivity index (χ3v) is 2.46. The number of rotatable bonds is 4. The van der Waals surface area contributed by atoms with E-state index in [4.69, 9.17) is 4.74 Å². The van der Waals surface area contributed by atoms with E-state index >= 15 is 0 Å². The fourth-order valence-corrected chi connectivity index (χ4v) is 1.61. The van der Waals surface area contributed by atoms with Gasteiger partial charge in [0.2, 0.25) is 5.88 Å². The van der Waals surface area contributed by atoms with Crippen LogP contribution in [0, 0.1) is 0 Å². The van der Waals surface area contributed by atoms with Crippen LogP contribution in [0.3, 0.4) is 0 Å². The molecule has 18 heavy (non-hydrogen) atoms. The van der Waals surface area contributed by atoms with E-state index in [2.05, 4.69) is 9.72 Å². The molecule has 0 aliphatic rings. The summed E-state index contributed by atoms with van der Waals surface area (Å²) in [6.45, 7) is 0. The number of thiazole rings is 1. The molecule has 1 unspecified atom stereocenters. The summed E-state index contributed by atoms with van der Waals surface area (Å²) in [5.74, 6) is -0.0340. The standard InChI is InChI=1S/C11H8F3NO2S/c12-11(13,14)10(17-9-6-18-7-15-9)16-8-4-2-1-3-5-8/h1-7,10H. The van der Waals surface area contributed by atoms with Gasteiger partial charge in [-0.25, -0.2) is 4.98 Å². The second-order valence-electron chi connectivity index (χ2n) is 3.25. The van der Waals surface area contributed by atoms with Gasteiger partial charge in [0, 0.05) is 0 Å². The van der Waals surface area contributed by atoms with Gasteiger partial charge in [0.15, 0.2) is 0 Å². The lowest BCUT2D eigenvalue weighted by atomic mass is 10.3. The molecule has 2 rings (SSSR count). The quantitative estimate of drug-likeness (QED) is 0.800. The lowest BCUT2D eigenvalue weighted by Crippen LogP contribution is -2.39. The Morgan fingerprint density at radius 1 is 1.11 bits per heavy atom. The maximum atomic E-state index is 12.7. The van der Waals surface area contributed by atoms with Crippen molar-refractivity contribution in [3.63, 3.8) is 0 Å². The summed E-state index contributed by atoms with van der Waals surface area (Å²) in [5, 5.41) is 1.37. The number of hydrogen-bond acceptors (Lipinski definition) is 4. The van der Waals surface area contributed by atoms with E-state index in [1.54, 1.807) is 18.2 Å². The van der Waals surface area contributed by atoms with Gasteiger partial charge >= 0.3 is 12.5 Å². The third kappa shape index (κ3) is 3.36. The Labute approximate surface area is 105 Å². The van der Waals surface area contributed by atoms with Gasteiger partial charge in [-0.2, -0.15) is 13.2 Å². The van der Waals surface area contributed by atoms with Gasteiger partial charge in [-0.3, -0.25) is 0 Å². The Morgan fingerprint density at radius 2 is 1.83 bits per heavy atom. The summed E-state index contributed by atoms with van der Waals surface area (Å²) in [6.07, 6.45) is -7.01. The third-order valence-electron chi connectivity index (χ3n) is 1.89. The van der Waals surface area contributed by atoms with Crippen molar-refractivity contribution in [2.24, 2.45) is 0 Å². The van der Waals surface area contributed by atoms with Gasteiger partial charge in [-0.05, 0) is 12.1 Å². The van der Waals surface area contributed by atoms with Crippen LogP contribution in [0.15, 0.2) is 41.2 Å². The van der Waals surface area contributed by atoms with Crippen LogP contribution >= 0.6 is 11.3 Å². The maximum Gasteiger partial charge on any atom is 0.464 e. The lowest BCUT2D eigenvalue weighted by Gasteiger charge is -2.21. The molecule has 0 saturated heterocycles. The molecule has 7 heteroatoms. The average molecular weight is 275 g/mol. The molecule has 0 amide bonds. The van der Waals surface area contributed by atoms with Crippen LogP contribution in [0.5, 0.6) is 11.6 Å². The van der Waals surface area contributed by atoms with Crippen LogP contribution in [-0.2, 0) is 0 Å². The van der Waals surface area contributed by atoms with Gasteiger partial charge in [0.1, 0.15) is 5.75 Å². The summed E-state index contributed by atoms with van der Waals surface area (Å²) < 4.78 is 47.6. The Balaban J connectivity index is 2.11. The Hall–Kier alpha value is -1.76. The fraction of sp³-hybridized carbons (Fsp3) is 0.182. The molecule has 0 spiro atoms. The number of aromatic nitrogens is 1. The zero-order valence-corrected chi connectivity index (χ0v) is 9.74. The molecule has 0 aliphatic heterocycles. The van der Waals surface area contributed by atoms with Gasteiger partial charge in [-0.15, -0.1) is 11.3 Å². The van der Waals surface area contributed by atoms with Crippen molar-refractivity contribution in [2.75, 3.05) is 0 Å². The molecule has 3 nitrogen and oxygen atoms in total. The molecule has 0 aliphatic carbocycles. The number of ether oxygens (including phenoxy) is 2. The molecule has 1 aromatic carbocycles. The normalized spacial score (nSPS) is 13.1. The van der Waals surface area contributed by atoms with Crippen LogP contribution in [0.4, 0.5) is 13.2 Å². The molecule has 1 atom stereocenters. The Bertz CT molecular complexity index is 473. The van der Waals surface area contributed by atoms with Crippen molar-refractivity contribution in [1.82, 2.24) is 4.98 Å². The predicted octanol–water partition coefficient (Wildman–Crippen LogP) is 3.49. The smallest absolute Gasteiger partial charge is 0.447 e. The van der Waals surface area contributed by atoms with E-state index in [9.17, 15) is 13.2 Å². The van der Waals surface area contributed by atoms with Gasteiger partial charge in [0.25, 0.3) is 0 Å². The van der Waals surface area contributed by atoms with E-state index in [0.717, 1.165) is 11.3 Å². The molecule has 0 bridgehead atoms. The monoisotopic (exact) mass is 275 g/mol. The topological polar surface area (TPSA) is 31.4 Å². The van der Waals surface area contributed by atoms with Crippen LogP contribution < -0.4 is 9.47 Å². The highest BCUT2D eigenvalue weighted by Gasteiger charge is 2.44. The highest BCUT2D eigenvalue weighted by molar-refractivity contribution is 7.07. The zero-order chi connectivity index (χ0) is 13.0. The summed E-state index contributed by atoms with van der Waals surface area (Å²) in [5.41, 5.74) is 1.38. The fourth-order valence-electron chi connectivity index (χ4n) is 1.15. The first-order valence-corrected chi connectivity index (χ1v) is 5.83. The number of halogens is 3. The average Bonchev–Trinajstić information content (AvgIpc) is 2.81. The molecule has 0 fully saturated rings. The highest BCUT2D eigenvalue weighted by Crippen LogP contribution is 2.27. The van der Waals surface area contributed by atoms with Gasteiger partial charge < -0.3 is 9.47 Å². The molecule has 1 heterocycles. The molecule has 0 saturated carbocycles. The summed E-state index contributed by atoms with van der Waals surface area (Å²) in [6, 6.07) is 7.67. The first kappa shape index (κ1) is 12.7. The van der Waals surface area contributed by atoms with Crippen LogP contribution in [0.1, 0.15) is 0 Å². The maximum absolute atomic E-state index is 12.7. The number of hydrogen-bond donors (Lipinski definition) is 0. The number of benzene rings is 1. The van der Waals surface area contributed by atoms with Crippen molar-refractivity contribution in [2.45, 2.75) is 12.5 Å². The highest BCUT2D eigenvalue weighted by atomic mass is 32.1. The Morgan fingerprint density at radius 3 is 2.39 bits per heavy atom. The second kappa shape index (κ2) is 5.26. The first-order valence-electron chi connectivity index (χ1n) is 4.89. The van der Waals surface area contributed by atoms with Gasteiger partial charge in [-0.1, -0.05) is 18.2 Å². The van der Waals surface area contributed by atoms with Crippen molar-refractivity contribution in [3.05, 3.63) is 41.2 Å². The van der Waals surface area contributed by atoms with Crippen molar-refractivity contribution < 1.29 is 22.6 Å². The van der Waals surface area contributed by atoms with Crippen LogP contribution in [0.2, 0.25) is 0 Å². The second-order valence-corrected chi connectivity index (χ2v) is 3.97. The van der Waals surface area contributed by atoms with Crippen LogP contribution in [-0.4, -0.2) is 17.5 Å². The molecule has 96 valence electrons. The predicted molar refractivity (Wildman–Crippen MR) is 59.7 cm³/mol. The summed E-state index contributed by atoms with van der Waals surface area (Å²) in [7, 11) is 0. The summed E-state index contributed by atoms with van der Waals surface area (Å²) in [4.78, 5) is 3.63. The van der Waals surface area contributed by atoms with Crippen molar-refractivity contribution >= 4 is 11.3 Å². The van der Waals surface area contributed by atoms with E-state index in [-0.39, 0.29) is 11.6 Å². The minimum atomic E-state index is -4.64. The zero-order valence-electron chi connectivity index (χ0n) is 8.92.